The predicted molar refractivity (Wildman–Crippen MR) is 65.3 cm³/mol. The molecule has 0 bridgehead atoms. The molecule has 1 amide bonds. The Kier molecular flexibility index (Phi) is 5.80. The molecule has 6 heteroatoms. The molecule has 0 aliphatic rings. The van der Waals surface area contributed by atoms with Crippen LogP contribution >= 0.6 is 0 Å². The average Bonchev–Trinajstić information content (AvgIpc) is 2.75. The minimum Gasteiger partial charge on any atom is -0.394 e. The fourth-order valence-corrected chi connectivity index (χ4v) is 1.54. The van der Waals surface area contributed by atoms with Crippen molar-refractivity contribution in [2.75, 3.05) is 26.4 Å². The van der Waals surface area contributed by atoms with Crippen LogP contribution in [0.1, 0.15) is 30.1 Å². The molecular formula is C12H20N2O4. The number of hydrogen-bond donors (Lipinski definition) is 1. The maximum atomic E-state index is 12.2. The second kappa shape index (κ2) is 7.13. The van der Waals surface area contributed by atoms with Crippen molar-refractivity contribution < 1.29 is 19.2 Å². The third kappa shape index (κ3) is 4.12. The maximum absolute atomic E-state index is 12.2. The number of aromatic nitrogens is 1. The Bertz CT molecular complexity index is 376. The summed E-state index contributed by atoms with van der Waals surface area (Å²) < 4.78 is 10.1. The van der Waals surface area contributed by atoms with Crippen LogP contribution in [0.15, 0.2) is 10.6 Å². The summed E-state index contributed by atoms with van der Waals surface area (Å²) in [6, 6.07) is 1.67. The molecule has 1 rings (SSSR count). The van der Waals surface area contributed by atoms with Gasteiger partial charge in [-0.05, 0) is 20.8 Å². The Labute approximate surface area is 107 Å². The number of carbonyl (C=O) groups is 1. The lowest BCUT2D eigenvalue weighted by atomic mass is 10.2. The van der Waals surface area contributed by atoms with Gasteiger partial charge in [-0.2, -0.15) is 0 Å². The molecule has 0 radical (unpaired) electrons. The highest BCUT2D eigenvalue weighted by Gasteiger charge is 2.21. The lowest BCUT2D eigenvalue weighted by Gasteiger charge is -2.25. The lowest BCUT2D eigenvalue weighted by Crippen LogP contribution is -2.39. The topological polar surface area (TPSA) is 75.8 Å². The molecule has 102 valence electrons. The normalized spacial score (nSPS) is 10.9. The molecule has 1 heterocycles. The minimum atomic E-state index is -0.172. The summed E-state index contributed by atoms with van der Waals surface area (Å²) >= 11 is 0. The van der Waals surface area contributed by atoms with E-state index in [0.29, 0.717) is 24.6 Å². The van der Waals surface area contributed by atoms with E-state index in [0.717, 1.165) is 0 Å². The second-order valence-corrected chi connectivity index (χ2v) is 4.25. The van der Waals surface area contributed by atoms with Gasteiger partial charge in [0, 0.05) is 18.7 Å². The first-order valence-corrected chi connectivity index (χ1v) is 5.99. The van der Waals surface area contributed by atoms with Gasteiger partial charge in [0.1, 0.15) is 5.76 Å². The van der Waals surface area contributed by atoms with E-state index in [9.17, 15) is 4.79 Å². The molecule has 0 unspecified atom stereocenters. The number of rotatable bonds is 7. The third-order valence-corrected chi connectivity index (χ3v) is 2.44. The smallest absolute Gasteiger partial charge is 0.276 e. The number of amides is 1. The predicted octanol–water partition coefficient (Wildman–Crippen LogP) is 0.843. The van der Waals surface area contributed by atoms with Gasteiger partial charge in [-0.25, -0.2) is 0 Å². The summed E-state index contributed by atoms with van der Waals surface area (Å²) in [6.07, 6.45) is 0. The minimum absolute atomic E-state index is 0.0158. The zero-order valence-electron chi connectivity index (χ0n) is 11.0. The molecular weight excluding hydrogens is 236 g/mol. The second-order valence-electron chi connectivity index (χ2n) is 4.25. The van der Waals surface area contributed by atoms with Gasteiger partial charge >= 0.3 is 0 Å². The molecule has 6 nitrogen and oxygen atoms in total. The number of ether oxygens (including phenoxy) is 1. The number of aryl methyl sites for hydroxylation is 1. The Morgan fingerprint density at radius 3 is 2.78 bits per heavy atom. The van der Waals surface area contributed by atoms with E-state index in [1.165, 1.54) is 0 Å². The molecule has 1 N–H and O–H groups in total. The molecule has 0 spiro atoms. The molecule has 1 aromatic heterocycles. The van der Waals surface area contributed by atoms with Crippen molar-refractivity contribution in [2.24, 2.45) is 0 Å². The summed E-state index contributed by atoms with van der Waals surface area (Å²) in [5.74, 6) is 0.438. The van der Waals surface area contributed by atoms with Crippen LogP contribution in [0, 0.1) is 6.92 Å². The van der Waals surface area contributed by atoms with Crippen molar-refractivity contribution in [3.63, 3.8) is 0 Å². The summed E-state index contributed by atoms with van der Waals surface area (Å²) in [4.78, 5) is 13.8. The van der Waals surface area contributed by atoms with Crippen molar-refractivity contribution in [1.29, 1.82) is 0 Å². The van der Waals surface area contributed by atoms with Gasteiger partial charge in [0.05, 0.1) is 19.8 Å². The van der Waals surface area contributed by atoms with Crippen molar-refractivity contribution in [2.45, 2.75) is 26.8 Å². The molecule has 0 aliphatic carbocycles. The van der Waals surface area contributed by atoms with E-state index in [-0.39, 0.29) is 25.2 Å². The summed E-state index contributed by atoms with van der Waals surface area (Å²) in [7, 11) is 0. The largest absolute Gasteiger partial charge is 0.394 e. The van der Waals surface area contributed by atoms with Crippen LogP contribution in [0.5, 0.6) is 0 Å². The molecule has 1 aromatic rings. The number of hydrogen-bond acceptors (Lipinski definition) is 5. The zero-order chi connectivity index (χ0) is 13.5. The quantitative estimate of drug-likeness (QED) is 0.732. The van der Waals surface area contributed by atoms with Gasteiger partial charge in [0.25, 0.3) is 5.91 Å². The van der Waals surface area contributed by atoms with Gasteiger partial charge in [-0.1, -0.05) is 5.16 Å². The maximum Gasteiger partial charge on any atom is 0.276 e. The van der Waals surface area contributed by atoms with Crippen molar-refractivity contribution in [3.8, 4) is 0 Å². The van der Waals surface area contributed by atoms with Crippen LogP contribution in [-0.4, -0.2) is 53.5 Å². The zero-order valence-corrected chi connectivity index (χ0v) is 11.0. The molecule has 0 fully saturated rings. The highest BCUT2D eigenvalue weighted by molar-refractivity contribution is 5.92. The highest BCUT2D eigenvalue weighted by atomic mass is 16.5. The van der Waals surface area contributed by atoms with Gasteiger partial charge < -0.3 is 19.3 Å². The Morgan fingerprint density at radius 1 is 1.56 bits per heavy atom. The van der Waals surface area contributed by atoms with E-state index in [1.807, 2.05) is 13.8 Å². The molecule has 18 heavy (non-hydrogen) atoms. The van der Waals surface area contributed by atoms with E-state index in [1.54, 1.807) is 17.9 Å². The van der Waals surface area contributed by atoms with Crippen LogP contribution in [0.25, 0.3) is 0 Å². The Hall–Kier alpha value is -1.40. The first-order chi connectivity index (χ1) is 8.56. The first kappa shape index (κ1) is 14.7. The van der Waals surface area contributed by atoms with Crippen molar-refractivity contribution in [1.82, 2.24) is 10.1 Å². The molecule has 0 saturated carbocycles. The molecule has 0 aliphatic heterocycles. The Morgan fingerprint density at radius 2 is 2.28 bits per heavy atom. The Balaban J connectivity index is 2.58. The average molecular weight is 256 g/mol. The number of aliphatic hydroxyl groups is 1. The third-order valence-electron chi connectivity index (χ3n) is 2.44. The number of aliphatic hydroxyl groups excluding tert-OH is 1. The standard InChI is InChI=1S/C12H20N2O4/c1-9(2)14(4-6-17-7-5-15)12(16)11-8-10(3)18-13-11/h8-9,15H,4-7H2,1-3H3. The van der Waals surface area contributed by atoms with Crippen LogP contribution in [0.3, 0.4) is 0 Å². The van der Waals surface area contributed by atoms with Gasteiger partial charge in [0.15, 0.2) is 5.69 Å². The van der Waals surface area contributed by atoms with Gasteiger partial charge in [-0.15, -0.1) is 0 Å². The molecule has 0 atom stereocenters. The number of nitrogens with zero attached hydrogens (tertiary/aromatic N) is 2. The van der Waals surface area contributed by atoms with Crippen LogP contribution < -0.4 is 0 Å². The number of carbonyl (C=O) groups excluding carboxylic acids is 1. The molecule has 0 aromatic carbocycles. The van der Waals surface area contributed by atoms with Crippen LogP contribution in [0.2, 0.25) is 0 Å². The van der Waals surface area contributed by atoms with Crippen molar-refractivity contribution in [3.05, 3.63) is 17.5 Å². The van der Waals surface area contributed by atoms with Crippen molar-refractivity contribution >= 4 is 5.91 Å². The van der Waals surface area contributed by atoms with E-state index >= 15 is 0 Å². The summed E-state index contributed by atoms with van der Waals surface area (Å²) in [5, 5.41) is 12.3. The molecule has 0 saturated heterocycles. The van der Waals surface area contributed by atoms with E-state index in [4.69, 9.17) is 14.4 Å². The summed E-state index contributed by atoms with van der Waals surface area (Å²) in [5.41, 5.74) is 0.309. The van der Waals surface area contributed by atoms with E-state index in [2.05, 4.69) is 5.16 Å². The van der Waals surface area contributed by atoms with Gasteiger partial charge in [0.2, 0.25) is 0 Å². The van der Waals surface area contributed by atoms with Crippen LogP contribution in [-0.2, 0) is 4.74 Å². The fraction of sp³-hybridized carbons (Fsp3) is 0.667. The monoisotopic (exact) mass is 256 g/mol. The lowest BCUT2D eigenvalue weighted by molar-refractivity contribution is 0.0499. The SMILES string of the molecule is Cc1cc(C(=O)N(CCOCCO)C(C)C)no1. The summed E-state index contributed by atoms with van der Waals surface area (Å²) in [6.45, 7) is 6.71. The highest BCUT2D eigenvalue weighted by Crippen LogP contribution is 2.08. The van der Waals surface area contributed by atoms with Gasteiger partial charge in [-0.3, -0.25) is 4.79 Å². The van der Waals surface area contributed by atoms with E-state index < -0.39 is 0 Å². The van der Waals surface area contributed by atoms with Crippen LogP contribution in [0.4, 0.5) is 0 Å². The fourth-order valence-electron chi connectivity index (χ4n) is 1.54. The first-order valence-electron chi connectivity index (χ1n) is 5.99.